The number of nitrogens with zero attached hydrogens (tertiary/aromatic N) is 3. The number of oxime groups is 1. The number of nitrogen functional groups attached to an aromatic ring is 1. The van der Waals surface area contributed by atoms with Gasteiger partial charge in [0, 0.05) is 12.0 Å². The van der Waals surface area contributed by atoms with E-state index < -0.39 is 0 Å². The highest BCUT2D eigenvalue weighted by Gasteiger charge is 2.29. The highest BCUT2D eigenvalue weighted by molar-refractivity contribution is 6.03. The van der Waals surface area contributed by atoms with Crippen molar-refractivity contribution in [2.24, 2.45) is 5.16 Å². The van der Waals surface area contributed by atoms with Gasteiger partial charge in [0.1, 0.15) is 0 Å². The molecule has 114 valence electrons. The largest absolute Gasteiger partial charge is 0.411 e. The van der Waals surface area contributed by atoms with Gasteiger partial charge in [-0.1, -0.05) is 41.9 Å². The van der Waals surface area contributed by atoms with Crippen LogP contribution in [0.2, 0.25) is 0 Å². The first kappa shape index (κ1) is 14.5. The minimum absolute atomic E-state index is 0.248. The highest BCUT2D eigenvalue weighted by Crippen LogP contribution is 2.34. The van der Waals surface area contributed by atoms with E-state index in [9.17, 15) is 5.21 Å². The molecule has 1 aromatic carbocycles. The van der Waals surface area contributed by atoms with Gasteiger partial charge in [-0.2, -0.15) is 0 Å². The van der Waals surface area contributed by atoms with E-state index in [4.69, 9.17) is 5.73 Å². The van der Waals surface area contributed by atoms with Gasteiger partial charge >= 0.3 is 0 Å². The van der Waals surface area contributed by atoms with Crippen molar-refractivity contribution in [3.63, 3.8) is 0 Å². The van der Waals surface area contributed by atoms with Crippen molar-refractivity contribution in [3.05, 3.63) is 52.3 Å². The Bertz CT molecular complexity index is 722. The molecule has 0 bridgehead atoms. The van der Waals surface area contributed by atoms with Crippen molar-refractivity contribution in [1.29, 1.82) is 0 Å². The summed E-state index contributed by atoms with van der Waals surface area (Å²) in [6, 6.07) is 8.47. The fourth-order valence-corrected chi connectivity index (χ4v) is 3.12. The number of aryl methyl sites for hydroxylation is 2. The summed E-state index contributed by atoms with van der Waals surface area (Å²) >= 11 is 0. The Morgan fingerprint density at radius 1 is 1.23 bits per heavy atom. The van der Waals surface area contributed by atoms with Crippen LogP contribution in [0.1, 0.15) is 47.3 Å². The second-order valence-corrected chi connectivity index (χ2v) is 5.77. The molecule has 0 saturated heterocycles. The lowest BCUT2D eigenvalue weighted by Gasteiger charge is -2.26. The molecular formula is C17H20N4O. The first-order valence-electron chi connectivity index (χ1n) is 7.55. The molecule has 1 aliphatic rings. The van der Waals surface area contributed by atoms with E-state index in [0.29, 0.717) is 12.1 Å². The normalized spacial score (nSPS) is 19.2. The molecule has 1 heterocycles. The average Bonchev–Trinajstić information content (AvgIpc) is 2.53. The lowest BCUT2D eigenvalue weighted by Crippen LogP contribution is -2.24. The van der Waals surface area contributed by atoms with Gasteiger partial charge in [0.15, 0.2) is 0 Å². The first-order valence-corrected chi connectivity index (χ1v) is 7.55. The summed E-state index contributed by atoms with van der Waals surface area (Å²) < 4.78 is 0. The lowest BCUT2D eigenvalue weighted by molar-refractivity contribution is 0.316. The summed E-state index contributed by atoms with van der Waals surface area (Å²) in [6.45, 7) is 4.09. The van der Waals surface area contributed by atoms with Crippen molar-refractivity contribution >= 4 is 11.7 Å². The number of fused-ring (bicyclic) bond motifs is 1. The van der Waals surface area contributed by atoms with Crippen molar-refractivity contribution in [2.75, 3.05) is 5.73 Å². The molecule has 0 fully saturated rings. The summed E-state index contributed by atoms with van der Waals surface area (Å²) in [6.07, 6.45) is 2.22. The Morgan fingerprint density at radius 3 is 2.59 bits per heavy atom. The molecule has 0 radical (unpaired) electrons. The molecule has 0 aliphatic heterocycles. The third-order valence-corrected chi connectivity index (χ3v) is 4.25. The van der Waals surface area contributed by atoms with Crippen molar-refractivity contribution < 1.29 is 5.21 Å². The number of benzene rings is 1. The van der Waals surface area contributed by atoms with Gasteiger partial charge in [-0.3, -0.25) is 0 Å². The number of rotatable bonds is 2. The Labute approximate surface area is 129 Å². The maximum atomic E-state index is 9.44. The van der Waals surface area contributed by atoms with E-state index in [2.05, 4.69) is 46.3 Å². The first-order chi connectivity index (χ1) is 10.6. The van der Waals surface area contributed by atoms with Gasteiger partial charge in [0.2, 0.25) is 5.95 Å². The second-order valence-electron chi connectivity index (χ2n) is 5.77. The Hall–Kier alpha value is -2.43. The molecule has 1 aromatic heterocycles. The van der Waals surface area contributed by atoms with Gasteiger partial charge in [-0.05, 0) is 31.2 Å². The van der Waals surface area contributed by atoms with Crippen LogP contribution in [0.3, 0.4) is 0 Å². The zero-order valence-corrected chi connectivity index (χ0v) is 12.9. The predicted molar refractivity (Wildman–Crippen MR) is 86.4 cm³/mol. The molecule has 0 amide bonds. The maximum Gasteiger partial charge on any atom is 0.220 e. The minimum atomic E-state index is 0.248. The molecule has 2 aromatic rings. The van der Waals surface area contributed by atoms with Crippen molar-refractivity contribution in [1.82, 2.24) is 9.97 Å². The molecular weight excluding hydrogens is 276 g/mol. The predicted octanol–water partition coefficient (Wildman–Crippen LogP) is 2.84. The van der Waals surface area contributed by atoms with Gasteiger partial charge in [0.05, 0.1) is 17.1 Å². The number of hydrogen-bond acceptors (Lipinski definition) is 5. The molecule has 5 heteroatoms. The SMILES string of the molecule is CCc1nc(N)nc2c1/C(=N/O)CC(c1ccc(C)cc1)C2. The summed E-state index contributed by atoms with van der Waals surface area (Å²) in [5.41, 5.74) is 11.6. The van der Waals surface area contributed by atoms with Crippen LogP contribution in [0.4, 0.5) is 5.95 Å². The topological polar surface area (TPSA) is 84.4 Å². The van der Waals surface area contributed by atoms with E-state index in [1.165, 1.54) is 11.1 Å². The van der Waals surface area contributed by atoms with Crippen LogP contribution in [0.5, 0.6) is 0 Å². The van der Waals surface area contributed by atoms with E-state index in [-0.39, 0.29) is 11.9 Å². The number of hydrogen-bond donors (Lipinski definition) is 2. The third-order valence-electron chi connectivity index (χ3n) is 4.25. The average molecular weight is 296 g/mol. The van der Waals surface area contributed by atoms with E-state index in [0.717, 1.165) is 29.8 Å². The summed E-state index contributed by atoms with van der Waals surface area (Å²) in [5, 5.41) is 13.0. The molecule has 22 heavy (non-hydrogen) atoms. The third kappa shape index (κ3) is 2.54. The Kier molecular flexibility index (Phi) is 3.79. The van der Waals surface area contributed by atoms with Gasteiger partial charge in [0.25, 0.3) is 0 Å². The van der Waals surface area contributed by atoms with Crippen LogP contribution in [-0.4, -0.2) is 20.9 Å². The number of anilines is 1. The molecule has 5 nitrogen and oxygen atoms in total. The minimum Gasteiger partial charge on any atom is -0.411 e. The zero-order valence-electron chi connectivity index (χ0n) is 12.9. The molecule has 1 aliphatic carbocycles. The van der Waals surface area contributed by atoms with Crippen LogP contribution in [0.25, 0.3) is 0 Å². The molecule has 0 spiro atoms. The maximum absolute atomic E-state index is 9.44. The summed E-state index contributed by atoms with van der Waals surface area (Å²) in [5.74, 6) is 0.537. The number of nitrogens with two attached hydrogens (primary N) is 1. The van der Waals surface area contributed by atoms with Gasteiger partial charge in [-0.25, -0.2) is 9.97 Å². The highest BCUT2D eigenvalue weighted by atomic mass is 16.4. The fourth-order valence-electron chi connectivity index (χ4n) is 3.12. The number of aromatic nitrogens is 2. The Balaban J connectivity index is 2.05. The quantitative estimate of drug-likeness (QED) is 0.659. The van der Waals surface area contributed by atoms with Gasteiger partial charge in [-0.15, -0.1) is 0 Å². The van der Waals surface area contributed by atoms with Crippen LogP contribution in [-0.2, 0) is 12.8 Å². The Morgan fingerprint density at radius 2 is 1.95 bits per heavy atom. The van der Waals surface area contributed by atoms with Gasteiger partial charge < -0.3 is 10.9 Å². The molecule has 1 atom stereocenters. The van der Waals surface area contributed by atoms with Crippen LogP contribution >= 0.6 is 0 Å². The van der Waals surface area contributed by atoms with Crippen molar-refractivity contribution in [3.8, 4) is 0 Å². The second kappa shape index (κ2) is 5.75. The van der Waals surface area contributed by atoms with E-state index >= 15 is 0 Å². The van der Waals surface area contributed by atoms with Crippen molar-refractivity contribution in [2.45, 2.75) is 39.0 Å². The van der Waals surface area contributed by atoms with E-state index in [1.54, 1.807) is 0 Å². The summed E-state index contributed by atoms with van der Waals surface area (Å²) in [4.78, 5) is 8.68. The molecule has 1 unspecified atom stereocenters. The van der Waals surface area contributed by atoms with Crippen LogP contribution < -0.4 is 5.73 Å². The fraction of sp³-hybridized carbons (Fsp3) is 0.353. The zero-order chi connectivity index (χ0) is 15.7. The van der Waals surface area contributed by atoms with Crippen LogP contribution in [0, 0.1) is 6.92 Å². The monoisotopic (exact) mass is 296 g/mol. The summed E-state index contributed by atoms with van der Waals surface area (Å²) in [7, 11) is 0. The molecule has 3 rings (SSSR count). The van der Waals surface area contributed by atoms with Crippen LogP contribution in [0.15, 0.2) is 29.4 Å². The van der Waals surface area contributed by atoms with E-state index in [1.807, 2.05) is 6.92 Å². The molecule has 0 saturated carbocycles. The lowest BCUT2D eigenvalue weighted by atomic mass is 9.80. The molecule has 3 N–H and O–H groups in total. The smallest absolute Gasteiger partial charge is 0.220 e. The standard InChI is InChI=1S/C17H20N4O/c1-3-13-16-14(20-17(18)19-13)8-12(9-15(16)21-22)11-6-4-10(2)5-7-11/h4-7,12,22H,3,8-9H2,1-2H3,(H2,18,19,20)/b21-15+.